The Morgan fingerprint density at radius 1 is 1.30 bits per heavy atom. The minimum atomic E-state index is -0.142. The Bertz CT molecular complexity index is 625. The van der Waals surface area contributed by atoms with E-state index in [9.17, 15) is 4.79 Å². The predicted octanol–water partition coefficient (Wildman–Crippen LogP) is 1.95. The molecule has 104 valence electrons. The minimum absolute atomic E-state index is 0.142. The Kier molecular flexibility index (Phi) is 4.79. The molecule has 0 aliphatic heterocycles. The standard InChI is InChI=1S/C15H17N3O2/c1-11(2)10-20-8-7-18-15(19)12-3-4-13-14(9-12)17-6-5-16-13/h3-6,9H,1,7-8,10H2,2H3,(H,18,19). The number of aromatic nitrogens is 2. The van der Waals surface area contributed by atoms with E-state index in [0.717, 1.165) is 11.1 Å². The van der Waals surface area contributed by atoms with Crippen LogP contribution < -0.4 is 5.32 Å². The first-order valence-corrected chi connectivity index (χ1v) is 6.38. The topological polar surface area (TPSA) is 64.1 Å². The number of carbonyl (C=O) groups is 1. The highest BCUT2D eigenvalue weighted by molar-refractivity contribution is 5.97. The molecule has 0 aliphatic rings. The molecule has 0 saturated carbocycles. The molecule has 5 nitrogen and oxygen atoms in total. The van der Waals surface area contributed by atoms with Crippen molar-refractivity contribution in [3.8, 4) is 0 Å². The lowest BCUT2D eigenvalue weighted by Crippen LogP contribution is -2.27. The van der Waals surface area contributed by atoms with Crippen LogP contribution >= 0.6 is 0 Å². The van der Waals surface area contributed by atoms with E-state index in [4.69, 9.17) is 4.74 Å². The second-order valence-corrected chi connectivity index (χ2v) is 4.53. The average Bonchev–Trinajstić information content (AvgIpc) is 2.46. The zero-order valence-corrected chi connectivity index (χ0v) is 11.4. The molecule has 0 aliphatic carbocycles. The number of hydrogen-bond acceptors (Lipinski definition) is 4. The number of carbonyl (C=O) groups excluding carboxylic acids is 1. The lowest BCUT2D eigenvalue weighted by Gasteiger charge is -2.06. The Morgan fingerprint density at radius 3 is 2.80 bits per heavy atom. The summed E-state index contributed by atoms with van der Waals surface area (Å²) < 4.78 is 5.31. The summed E-state index contributed by atoms with van der Waals surface area (Å²) in [5, 5.41) is 2.80. The van der Waals surface area contributed by atoms with E-state index in [2.05, 4.69) is 21.9 Å². The van der Waals surface area contributed by atoms with Gasteiger partial charge in [-0.15, -0.1) is 0 Å². The van der Waals surface area contributed by atoms with E-state index >= 15 is 0 Å². The molecular weight excluding hydrogens is 254 g/mol. The van der Waals surface area contributed by atoms with Crippen molar-refractivity contribution in [2.24, 2.45) is 0 Å². The highest BCUT2D eigenvalue weighted by Gasteiger charge is 2.06. The number of rotatable bonds is 6. The highest BCUT2D eigenvalue weighted by atomic mass is 16.5. The van der Waals surface area contributed by atoms with Crippen molar-refractivity contribution in [2.45, 2.75) is 6.92 Å². The van der Waals surface area contributed by atoms with Crippen molar-refractivity contribution in [3.63, 3.8) is 0 Å². The summed E-state index contributed by atoms with van der Waals surface area (Å²) in [5.41, 5.74) is 3.01. The summed E-state index contributed by atoms with van der Waals surface area (Å²) in [6.45, 7) is 7.08. The molecule has 1 amide bonds. The van der Waals surface area contributed by atoms with Gasteiger partial charge in [-0.2, -0.15) is 0 Å². The maximum atomic E-state index is 12.0. The predicted molar refractivity (Wildman–Crippen MR) is 77.5 cm³/mol. The van der Waals surface area contributed by atoms with Gasteiger partial charge in [0.15, 0.2) is 0 Å². The molecular formula is C15H17N3O2. The molecule has 0 spiro atoms. The van der Waals surface area contributed by atoms with Crippen molar-refractivity contribution in [1.29, 1.82) is 0 Å². The van der Waals surface area contributed by atoms with E-state index in [1.54, 1.807) is 30.6 Å². The van der Waals surface area contributed by atoms with Gasteiger partial charge in [0.1, 0.15) is 0 Å². The normalized spacial score (nSPS) is 10.4. The Hall–Kier alpha value is -2.27. The van der Waals surface area contributed by atoms with Crippen LogP contribution in [0.1, 0.15) is 17.3 Å². The largest absolute Gasteiger partial charge is 0.375 e. The van der Waals surface area contributed by atoms with Crippen molar-refractivity contribution in [3.05, 3.63) is 48.3 Å². The van der Waals surface area contributed by atoms with Gasteiger partial charge in [-0.05, 0) is 25.1 Å². The van der Waals surface area contributed by atoms with Crippen molar-refractivity contribution in [2.75, 3.05) is 19.8 Å². The third-order valence-electron chi connectivity index (χ3n) is 2.61. The summed E-state index contributed by atoms with van der Waals surface area (Å²) in [5.74, 6) is -0.142. The third kappa shape index (κ3) is 3.86. The number of amides is 1. The van der Waals surface area contributed by atoms with Gasteiger partial charge in [0.25, 0.3) is 5.91 Å². The maximum Gasteiger partial charge on any atom is 0.251 e. The molecule has 1 aromatic carbocycles. The third-order valence-corrected chi connectivity index (χ3v) is 2.61. The van der Waals surface area contributed by atoms with Crippen molar-refractivity contribution in [1.82, 2.24) is 15.3 Å². The van der Waals surface area contributed by atoms with Gasteiger partial charge < -0.3 is 10.1 Å². The molecule has 5 heteroatoms. The molecule has 0 saturated heterocycles. The van der Waals surface area contributed by atoms with Crippen LogP contribution in [0.3, 0.4) is 0 Å². The molecule has 1 heterocycles. The molecule has 0 radical (unpaired) electrons. The number of hydrogen-bond donors (Lipinski definition) is 1. The molecule has 2 rings (SSSR count). The Balaban J connectivity index is 1.89. The zero-order valence-electron chi connectivity index (χ0n) is 11.4. The minimum Gasteiger partial charge on any atom is -0.375 e. The number of nitrogens with one attached hydrogen (secondary N) is 1. The zero-order chi connectivity index (χ0) is 14.4. The van der Waals surface area contributed by atoms with E-state index in [-0.39, 0.29) is 5.91 Å². The van der Waals surface area contributed by atoms with E-state index in [0.29, 0.717) is 30.8 Å². The Labute approximate surface area is 117 Å². The summed E-state index contributed by atoms with van der Waals surface area (Å²) in [6, 6.07) is 5.25. The van der Waals surface area contributed by atoms with Crippen LogP contribution in [0.4, 0.5) is 0 Å². The molecule has 1 N–H and O–H groups in total. The Morgan fingerprint density at radius 2 is 2.05 bits per heavy atom. The second kappa shape index (κ2) is 6.77. The molecule has 1 aromatic heterocycles. The molecule has 20 heavy (non-hydrogen) atoms. The van der Waals surface area contributed by atoms with Gasteiger partial charge in [-0.25, -0.2) is 0 Å². The fourth-order valence-electron chi connectivity index (χ4n) is 1.69. The monoisotopic (exact) mass is 271 g/mol. The highest BCUT2D eigenvalue weighted by Crippen LogP contribution is 2.10. The number of nitrogens with zero attached hydrogens (tertiary/aromatic N) is 2. The van der Waals surface area contributed by atoms with Gasteiger partial charge in [0.05, 0.1) is 24.2 Å². The smallest absolute Gasteiger partial charge is 0.251 e. The first-order chi connectivity index (χ1) is 9.66. The lowest BCUT2D eigenvalue weighted by molar-refractivity contribution is 0.0927. The molecule has 2 aromatic rings. The van der Waals surface area contributed by atoms with Gasteiger partial charge >= 0.3 is 0 Å². The van der Waals surface area contributed by atoms with Crippen LogP contribution in [-0.4, -0.2) is 35.6 Å². The van der Waals surface area contributed by atoms with Crippen LogP contribution in [0.25, 0.3) is 11.0 Å². The van der Waals surface area contributed by atoms with Crippen molar-refractivity contribution >= 4 is 16.9 Å². The quantitative estimate of drug-likeness (QED) is 0.644. The summed E-state index contributed by atoms with van der Waals surface area (Å²) in [4.78, 5) is 20.3. The molecule has 0 bridgehead atoms. The van der Waals surface area contributed by atoms with Crippen LogP contribution in [0, 0.1) is 0 Å². The van der Waals surface area contributed by atoms with Crippen LogP contribution in [-0.2, 0) is 4.74 Å². The fourth-order valence-corrected chi connectivity index (χ4v) is 1.69. The summed E-state index contributed by atoms with van der Waals surface area (Å²) >= 11 is 0. The molecule has 0 atom stereocenters. The molecule has 0 unspecified atom stereocenters. The fraction of sp³-hybridized carbons (Fsp3) is 0.267. The maximum absolute atomic E-state index is 12.0. The van der Waals surface area contributed by atoms with Crippen molar-refractivity contribution < 1.29 is 9.53 Å². The average molecular weight is 271 g/mol. The number of fused-ring (bicyclic) bond motifs is 1. The second-order valence-electron chi connectivity index (χ2n) is 4.53. The summed E-state index contributed by atoms with van der Waals surface area (Å²) in [7, 11) is 0. The van der Waals surface area contributed by atoms with E-state index in [1.165, 1.54) is 0 Å². The first kappa shape index (κ1) is 14.1. The van der Waals surface area contributed by atoms with Gasteiger partial charge in [0, 0.05) is 24.5 Å². The SMILES string of the molecule is C=C(C)COCCNC(=O)c1ccc2nccnc2c1. The van der Waals surface area contributed by atoms with Gasteiger partial charge in [0.2, 0.25) is 0 Å². The van der Waals surface area contributed by atoms with Crippen LogP contribution in [0.15, 0.2) is 42.7 Å². The number of benzene rings is 1. The van der Waals surface area contributed by atoms with Crippen LogP contribution in [0.5, 0.6) is 0 Å². The van der Waals surface area contributed by atoms with Crippen LogP contribution in [0.2, 0.25) is 0 Å². The first-order valence-electron chi connectivity index (χ1n) is 6.38. The summed E-state index contributed by atoms with van der Waals surface area (Å²) in [6.07, 6.45) is 3.23. The molecule has 0 fully saturated rings. The van der Waals surface area contributed by atoms with E-state index in [1.807, 2.05) is 6.92 Å². The van der Waals surface area contributed by atoms with Gasteiger partial charge in [-0.3, -0.25) is 14.8 Å². The van der Waals surface area contributed by atoms with E-state index < -0.39 is 0 Å². The lowest BCUT2D eigenvalue weighted by atomic mass is 10.2. The number of ether oxygens (including phenoxy) is 1. The van der Waals surface area contributed by atoms with Gasteiger partial charge in [-0.1, -0.05) is 12.2 Å².